The standard InChI is InChI=1S/C17H24N2O3/c1-18-17(20)14-6-7-19(12-14)11-13-4-5-15-16(10-13)22-9-3-2-8-21-15/h4-5,10,14H,2-3,6-9,11-12H2,1H3,(H,18,20). The van der Waals surface area contributed by atoms with E-state index < -0.39 is 0 Å². The van der Waals surface area contributed by atoms with Crippen molar-refractivity contribution in [1.29, 1.82) is 0 Å². The average molecular weight is 304 g/mol. The second-order valence-corrected chi connectivity index (χ2v) is 6.02. The first-order valence-electron chi connectivity index (χ1n) is 8.09. The fraction of sp³-hybridized carbons (Fsp3) is 0.588. The topological polar surface area (TPSA) is 50.8 Å². The van der Waals surface area contributed by atoms with Crippen LogP contribution < -0.4 is 14.8 Å². The Morgan fingerprint density at radius 2 is 2.05 bits per heavy atom. The van der Waals surface area contributed by atoms with Crippen molar-refractivity contribution in [2.45, 2.75) is 25.8 Å². The average Bonchev–Trinajstić information content (AvgIpc) is 2.96. The van der Waals surface area contributed by atoms with Crippen LogP contribution in [-0.4, -0.2) is 44.2 Å². The number of nitrogens with one attached hydrogen (secondary N) is 1. The molecule has 1 saturated heterocycles. The predicted octanol–water partition coefficient (Wildman–Crippen LogP) is 1.81. The van der Waals surface area contributed by atoms with Gasteiger partial charge in [-0.05, 0) is 43.5 Å². The zero-order valence-electron chi connectivity index (χ0n) is 13.1. The van der Waals surface area contributed by atoms with E-state index in [0.29, 0.717) is 0 Å². The van der Waals surface area contributed by atoms with E-state index in [0.717, 1.165) is 63.6 Å². The smallest absolute Gasteiger partial charge is 0.224 e. The summed E-state index contributed by atoms with van der Waals surface area (Å²) < 4.78 is 11.5. The summed E-state index contributed by atoms with van der Waals surface area (Å²) in [7, 11) is 1.71. The molecule has 2 aliphatic rings. The number of benzene rings is 1. The molecule has 1 aromatic rings. The van der Waals surface area contributed by atoms with Crippen LogP contribution >= 0.6 is 0 Å². The molecule has 0 bridgehead atoms. The van der Waals surface area contributed by atoms with Crippen LogP contribution in [0.1, 0.15) is 24.8 Å². The lowest BCUT2D eigenvalue weighted by molar-refractivity contribution is -0.124. The van der Waals surface area contributed by atoms with Gasteiger partial charge in [0.15, 0.2) is 11.5 Å². The molecule has 120 valence electrons. The van der Waals surface area contributed by atoms with Crippen molar-refractivity contribution in [2.75, 3.05) is 33.4 Å². The van der Waals surface area contributed by atoms with E-state index in [1.807, 2.05) is 6.07 Å². The molecule has 0 radical (unpaired) electrons. The van der Waals surface area contributed by atoms with Crippen molar-refractivity contribution in [2.24, 2.45) is 5.92 Å². The third kappa shape index (κ3) is 3.53. The molecule has 1 aromatic carbocycles. The minimum absolute atomic E-state index is 0.119. The van der Waals surface area contributed by atoms with Crippen molar-refractivity contribution >= 4 is 5.91 Å². The van der Waals surface area contributed by atoms with Crippen LogP contribution in [0.15, 0.2) is 18.2 Å². The molecular weight excluding hydrogens is 280 g/mol. The second kappa shape index (κ2) is 7.01. The molecule has 1 fully saturated rings. The summed E-state index contributed by atoms with van der Waals surface area (Å²) in [5.41, 5.74) is 1.21. The first kappa shape index (κ1) is 15.2. The van der Waals surface area contributed by atoms with Gasteiger partial charge in [0, 0.05) is 20.1 Å². The number of carbonyl (C=O) groups excluding carboxylic acids is 1. The lowest BCUT2D eigenvalue weighted by Gasteiger charge is -2.19. The first-order chi connectivity index (χ1) is 10.8. The van der Waals surface area contributed by atoms with Crippen molar-refractivity contribution in [3.63, 3.8) is 0 Å². The van der Waals surface area contributed by atoms with Crippen LogP contribution in [0.3, 0.4) is 0 Å². The number of fused-ring (bicyclic) bond motifs is 1. The van der Waals surface area contributed by atoms with Crippen molar-refractivity contribution in [1.82, 2.24) is 10.2 Å². The highest BCUT2D eigenvalue weighted by molar-refractivity contribution is 5.78. The van der Waals surface area contributed by atoms with Crippen molar-refractivity contribution < 1.29 is 14.3 Å². The van der Waals surface area contributed by atoms with E-state index in [-0.39, 0.29) is 11.8 Å². The summed E-state index contributed by atoms with van der Waals surface area (Å²) >= 11 is 0. The molecular formula is C17H24N2O3. The van der Waals surface area contributed by atoms with Gasteiger partial charge in [0.1, 0.15) is 0 Å². The zero-order chi connectivity index (χ0) is 15.4. The van der Waals surface area contributed by atoms with E-state index in [9.17, 15) is 4.79 Å². The van der Waals surface area contributed by atoms with Gasteiger partial charge in [0.25, 0.3) is 0 Å². The van der Waals surface area contributed by atoms with E-state index in [4.69, 9.17) is 9.47 Å². The van der Waals surface area contributed by atoms with Gasteiger partial charge in [-0.25, -0.2) is 0 Å². The number of hydrogen-bond donors (Lipinski definition) is 1. The summed E-state index contributed by atoms with van der Waals surface area (Å²) in [6, 6.07) is 6.17. The quantitative estimate of drug-likeness (QED) is 0.925. The number of amides is 1. The van der Waals surface area contributed by atoms with Crippen LogP contribution in [0.2, 0.25) is 0 Å². The molecule has 0 aliphatic carbocycles. The Hall–Kier alpha value is -1.75. The summed E-state index contributed by atoms with van der Waals surface area (Å²) in [6.45, 7) is 4.16. The van der Waals surface area contributed by atoms with Crippen LogP contribution in [0.25, 0.3) is 0 Å². The largest absolute Gasteiger partial charge is 0.490 e. The molecule has 2 aliphatic heterocycles. The fourth-order valence-corrected chi connectivity index (χ4v) is 3.10. The minimum atomic E-state index is 0.119. The molecule has 5 heteroatoms. The third-order valence-electron chi connectivity index (χ3n) is 4.36. The van der Waals surface area contributed by atoms with E-state index in [2.05, 4.69) is 22.3 Å². The lowest BCUT2D eigenvalue weighted by atomic mass is 10.1. The van der Waals surface area contributed by atoms with Gasteiger partial charge in [0.05, 0.1) is 19.1 Å². The van der Waals surface area contributed by atoms with Gasteiger partial charge in [-0.3, -0.25) is 9.69 Å². The normalized spacial score (nSPS) is 22.0. The third-order valence-corrected chi connectivity index (χ3v) is 4.36. The Morgan fingerprint density at radius 3 is 2.82 bits per heavy atom. The van der Waals surface area contributed by atoms with Crippen LogP contribution in [-0.2, 0) is 11.3 Å². The molecule has 3 rings (SSSR count). The summed E-state index contributed by atoms with van der Waals surface area (Å²) in [5, 5.41) is 2.74. The van der Waals surface area contributed by atoms with Gasteiger partial charge in [-0.2, -0.15) is 0 Å². The van der Waals surface area contributed by atoms with Gasteiger partial charge < -0.3 is 14.8 Å². The molecule has 0 saturated carbocycles. The Morgan fingerprint density at radius 1 is 1.27 bits per heavy atom. The molecule has 1 N–H and O–H groups in total. The number of carbonyl (C=O) groups is 1. The summed E-state index contributed by atoms with van der Waals surface area (Å²) in [6.07, 6.45) is 3.00. The summed E-state index contributed by atoms with van der Waals surface area (Å²) in [4.78, 5) is 14.0. The van der Waals surface area contributed by atoms with Crippen LogP contribution in [0, 0.1) is 5.92 Å². The highest BCUT2D eigenvalue weighted by Crippen LogP contribution is 2.31. The molecule has 5 nitrogen and oxygen atoms in total. The maximum atomic E-state index is 11.7. The zero-order valence-corrected chi connectivity index (χ0v) is 13.1. The Labute approximate surface area is 131 Å². The highest BCUT2D eigenvalue weighted by atomic mass is 16.5. The van der Waals surface area contributed by atoms with Crippen molar-refractivity contribution in [3.05, 3.63) is 23.8 Å². The van der Waals surface area contributed by atoms with Gasteiger partial charge in [-0.15, -0.1) is 0 Å². The Bertz CT molecular complexity index is 533. The van der Waals surface area contributed by atoms with Gasteiger partial charge in [0.2, 0.25) is 5.91 Å². The number of hydrogen-bond acceptors (Lipinski definition) is 4. The first-order valence-corrected chi connectivity index (χ1v) is 8.09. The molecule has 1 atom stereocenters. The lowest BCUT2D eigenvalue weighted by Crippen LogP contribution is -2.30. The summed E-state index contributed by atoms with van der Waals surface area (Å²) in [5.74, 6) is 1.96. The predicted molar refractivity (Wildman–Crippen MR) is 84.1 cm³/mol. The van der Waals surface area contributed by atoms with Gasteiger partial charge in [-0.1, -0.05) is 6.07 Å². The van der Waals surface area contributed by atoms with Gasteiger partial charge >= 0.3 is 0 Å². The Balaban J connectivity index is 1.63. The number of nitrogens with zero attached hydrogens (tertiary/aromatic N) is 1. The maximum Gasteiger partial charge on any atom is 0.224 e. The number of likely N-dealkylation sites (tertiary alicyclic amines) is 1. The monoisotopic (exact) mass is 304 g/mol. The van der Waals surface area contributed by atoms with Crippen molar-refractivity contribution in [3.8, 4) is 11.5 Å². The molecule has 0 spiro atoms. The molecule has 1 unspecified atom stereocenters. The molecule has 2 heterocycles. The van der Waals surface area contributed by atoms with Crippen LogP contribution in [0.5, 0.6) is 11.5 Å². The highest BCUT2D eigenvalue weighted by Gasteiger charge is 2.27. The number of rotatable bonds is 3. The number of ether oxygens (including phenoxy) is 2. The molecule has 0 aromatic heterocycles. The van der Waals surface area contributed by atoms with E-state index in [1.165, 1.54) is 5.56 Å². The van der Waals surface area contributed by atoms with E-state index >= 15 is 0 Å². The minimum Gasteiger partial charge on any atom is -0.490 e. The Kier molecular flexibility index (Phi) is 4.83. The molecule has 22 heavy (non-hydrogen) atoms. The van der Waals surface area contributed by atoms with E-state index in [1.54, 1.807) is 7.05 Å². The maximum absolute atomic E-state index is 11.7. The van der Waals surface area contributed by atoms with Crippen LogP contribution in [0.4, 0.5) is 0 Å². The molecule has 1 amide bonds. The fourth-order valence-electron chi connectivity index (χ4n) is 3.10. The second-order valence-electron chi connectivity index (χ2n) is 6.02. The SMILES string of the molecule is CNC(=O)C1CCN(Cc2ccc3c(c2)OCCCCO3)C1.